The number of fused-ring (bicyclic) bond motifs is 2. The molecule has 27 heavy (non-hydrogen) atoms. The minimum atomic E-state index is -0.155. The van der Waals surface area contributed by atoms with Gasteiger partial charge in [-0.05, 0) is 39.0 Å². The van der Waals surface area contributed by atoms with Crippen LogP contribution in [-0.2, 0) is 27.2 Å². The van der Waals surface area contributed by atoms with Crippen LogP contribution in [0.2, 0.25) is 0 Å². The molecule has 1 saturated heterocycles. The standard InChI is InChI=1S/C19H25N3O4S/c1-2-26-18(25)12-6-8-21(9-7-12)16(23)10-13-11-27-19-20-15-5-3-4-14(15)17(24)22(13)19/h12-13H,2-11H2,1H3/t13-/m0/s1. The first-order chi connectivity index (χ1) is 13.1. The average molecular weight is 391 g/mol. The molecule has 7 nitrogen and oxygen atoms in total. The van der Waals surface area contributed by atoms with E-state index in [4.69, 9.17) is 4.74 Å². The molecule has 4 rings (SSSR count). The number of aromatic nitrogens is 2. The summed E-state index contributed by atoms with van der Waals surface area (Å²) in [5.74, 6) is 0.516. The topological polar surface area (TPSA) is 81.5 Å². The SMILES string of the molecule is CCOC(=O)C1CCN(C(=O)C[C@H]2CSc3nc4c(c(=O)n32)CCC4)CC1. The number of thioether (sulfide) groups is 1. The average Bonchev–Trinajstić information content (AvgIpc) is 3.30. The van der Waals surface area contributed by atoms with Gasteiger partial charge in [0, 0.05) is 30.8 Å². The zero-order chi connectivity index (χ0) is 19.0. The number of rotatable bonds is 4. The van der Waals surface area contributed by atoms with Crippen LogP contribution >= 0.6 is 11.8 Å². The summed E-state index contributed by atoms with van der Waals surface area (Å²) < 4.78 is 6.83. The highest BCUT2D eigenvalue weighted by Crippen LogP contribution is 2.34. The van der Waals surface area contributed by atoms with Crippen LogP contribution in [0.5, 0.6) is 0 Å². The highest BCUT2D eigenvalue weighted by Gasteiger charge is 2.34. The summed E-state index contributed by atoms with van der Waals surface area (Å²) in [6, 6.07) is -0.119. The van der Waals surface area contributed by atoms with E-state index in [1.807, 2.05) is 4.90 Å². The van der Waals surface area contributed by atoms with Crippen LogP contribution in [0.3, 0.4) is 0 Å². The number of esters is 1. The lowest BCUT2D eigenvalue weighted by atomic mass is 9.96. The highest BCUT2D eigenvalue weighted by molar-refractivity contribution is 7.99. The van der Waals surface area contributed by atoms with Gasteiger partial charge in [-0.3, -0.25) is 19.0 Å². The second kappa shape index (κ2) is 7.66. The Balaban J connectivity index is 1.40. The van der Waals surface area contributed by atoms with Crippen molar-refractivity contribution in [2.24, 2.45) is 5.92 Å². The molecule has 3 aliphatic rings. The van der Waals surface area contributed by atoms with E-state index in [0.29, 0.717) is 39.0 Å². The van der Waals surface area contributed by atoms with Gasteiger partial charge >= 0.3 is 5.97 Å². The summed E-state index contributed by atoms with van der Waals surface area (Å²) in [6.07, 6.45) is 4.30. The van der Waals surface area contributed by atoms with E-state index in [0.717, 1.165) is 41.4 Å². The molecule has 2 aliphatic heterocycles. The molecule has 1 aliphatic carbocycles. The second-order valence-corrected chi connectivity index (χ2v) is 8.41. The van der Waals surface area contributed by atoms with Crippen molar-refractivity contribution in [1.82, 2.24) is 14.5 Å². The third-order valence-corrected chi connectivity index (χ3v) is 6.85. The zero-order valence-electron chi connectivity index (χ0n) is 15.6. The molecule has 0 saturated carbocycles. The fraction of sp³-hybridized carbons (Fsp3) is 0.684. The van der Waals surface area contributed by atoms with Crippen molar-refractivity contribution in [3.05, 3.63) is 21.6 Å². The molecule has 0 spiro atoms. The molecule has 1 aromatic heterocycles. The Morgan fingerprint density at radius 1 is 1.26 bits per heavy atom. The number of carbonyl (C=O) groups is 2. The zero-order valence-corrected chi connectivity index (χ0v) is 16.4. The van der Waals surface area contributed by atoms with E-state index in [1.165, 1.54) is 0 Å². The molecule has 1 aromatic rings. The van der Waals surface area contributed by atoms with E-state index in [-0.39, 0.29) is 29.4 Å². The third-order valence-electron chi connectivity index (χ3n) is 5.75. The molecular formula is C19H25N3O4S. The highest BCUT2D eigenvalue weighted by atomic mass is 32.2. The molecular weight excluding hydrogens is 366 g/mol. The number of likely N-dealkylation sites (tertiary alicyclic amines) is 1. The van der Waals surface area contributed by atoms with Crippen LogP contribution in [0.15, 0.2) is 9.95 Å². The van der Waals surface area contributed by atoms with E-state index in [1.54, 1.807) is 23.3 Å². The van der Waals surface area contributed by atoms with Crippen LogP contribution in [0.25, 0.3) is 0 Å². The van der Waals surface area contributed by atoms with Crippen molar-refractivity contribution in [2.75, 3.05) is 25.4 Å². The molecule has 1 atom stereocenters. The van der Waals surface area contributed by atoms with Gasteiger partial charge in [-0.1, -0.05) is 11.8 Å². The summed E-state index contributed by atoms with van der Waals surface area (Å²) in [5.41, 5.74) is 1.84. The lowest BCUT2D eigenvalue weighted by Crippen LogP contribution is -2.42. The van der Waals surface area contributed by atoms with Gasteiger partial charge in [0.2, 0.25) is 5.91 Å². The maximum Gasteiger partial charge on any atom is 0.309 e. The van der Waals surface area contributed by atoms with Crippen LogP contribution in [0, 0.1) is 5.92 Å². The van der Waals surface area contributed by atoms with Gasteiger partial charge in [0.25, 0.3) is 5.56 Å². The lowest BCUT2D eigenvalue weighted by molar-refractivity contribution is -0.151. The second-order valence-electron chi connectivity index (χ2n) is 7.42. The molecule has 1 amide bonds. The minimum Gasteiger partial charge on any atom is -0.466 e. The van der Waals surface area contributed by atoms with E-state index < -0.39 is 0 Å². The third kappa shape index (κ3) is 3.51. The van der Waals surface area contributed by atoms with Gasteiger partial charge in [0.15, 0.2) is 5.16 Å². The first kappa shape index (κ1) is 18.5. The molecule has 0 radical (unpaired) electrons. The Hall–Kier alpha value is -1.83. The Kier molecular flexibility index (Phi) is 5.25. The maximum atomic E-state index is 12.8. The number of carbonyl (C=O) groups excluding carboxylic acids is 2. The van der Waals surface area contributed by atoms with Gasteiger partial charge in [-0.2, -0.15) is 0 Å². The molecule has 3 heterocycles. The summed E-state index contributed by atoms with van der Waals surface area (Å²) in [5, 5.41) is 0.763. The van der Waals surface area contributed by atoms with Crippen molar-refractivity contribution < 1.29 is 14.3 Å². The fourth-order valence-electron chi connectivity index (χ4n) is 4.26. The van der Waals surface area contributed by atoms with E-state index >= 15 is 0 Å². The first-order valence-corrected chi connectivity index (χ1v) is 10.8. The normalized spacial score (nSPS) is 21.8. The Bertz CT molecular complexity index is 814. The quantitative estimate of drug-likeness (QED) is 0.572. The van der Waals surface area contributed by atoms with Gasteiger partial charge in [-0.15, -0.1) is 0 Å². The van der Waals surface area contributed by atoms with Gasteiger partial charge in [0.1, 0.15) is 0 Å². The summed E-state index contributed by atoms with van der Waals surface area (Å²) in [6.45, 7) is 3.35. The molecule has 0 N–H and O–H groups in total. The van der Waals surface area contributed by atoms with Crippen LogP contribution < -0.4 is 5.56 Å². The molecule has 8 heteroatoms. The van der Waals surface area contributed by atoms with Crippen molar-refractivity contribution in [1.29, 1.82) is 0 Å². The van der Waals surface area contributed by atoms with Crippen LogP contribution in [-0.4, -0.2) is 51.8 Å². The fourth-order valence-corrected chi connectivity index (χ4v) is 5.41. The molecule has 1 fully saturated rings. The van der Waals surface area contributed by atoms with Crippen LogP contribution in [0.4, 0.5) is 0 Å². The minimum absolute atomic E-state index is 0.0521. The smallest absolute Gasteiger partial charge is 0.309 e. The predicted octanol–water partition coefficient (Wildman–Crippen LogP) is 1.57. The number of hydrogen-bond donors (Lipinski definition) is 0. The van der Waals surface area contributed by atoms with Gasteiger partial charge in [-0.25, -0.2) is 4.98 Å². The van der Waals surface area contributed by atoms with Crippen molar-refractivity contribution in [2.45, 2.75) is 56.6 Å². The molecule has 0 aromatic carbocycles. The number of amides is 1. The molecule has 146 valence electrons. The van der Waals surface area contributed by atoms with Gasteiger partial charge < -0.3 is 9.64 Å². The van der Waals surface area contributed by atoms with E-state index in [2.05, 4.69) is 4.98 Å². The Morgan fingerprint density at radius 2 is 2.04 bits per heavy atom. The van der Waals surface area contributed by atoms with Gasteiger partial charge in [0.05, 0.1) is 24.3 Å². The Morgan fingerprint density at radius 3 is 2.78 bits per heavy atom. The predicted molar refractivity (Wildman–Crippen MR) is 101 cm³/mol. The number of nitrogens with zero attached hydrogens (tertiary/aromatic N) is 3. The first-order valence-electron chi connectivity index (χ1n) is 9.80. The molecule has 0 bridgehead atoms. The number of piperidine rings is 1. The van der Waals surface area contributed by atoms with Crippen molar-refractivity contribution >= 4 is 23.6 Å². The number of aryl methyl sites for hydroxylation is 1. The monoisotopic (exact) mass is 391 g/mol. The van der Waals surface area contributed by atoms with Crippen LogP contribution in [0.1, 0.15) is 49.9 Å². The number of ether oxygens (including phenoxy) is 1. The van der Waals surface area contributed by atoms with Crippen molar-refractivity contribution in [3.8, 4) is 0 Å². The summed E-state index contributed by atoms with van der Waals surface area (Å²) in [7, 11) is 0. The number of hydrogen-bond acceptors (Lipinski definition) is 6. The lowest BCUT2D eigenvalue weighted by Gasteiger charge is -2.31. The Labute approximate surface area is 162 Å². The maximum absolute atomic E-state index is 12.8. The molecule has 0 unspecified atom stereocenters. The largest absolute Gasteiger partial charge is 0.466 e. The van der Waals surface area contributed by atoms with Crippen molar-refractivity contribution in [3.63, 3.8) is 0 Å². The summed E-state index contributed by atoms with van der Waals surface area (Å²) >= 11 is 1.57. The van der Waals surface area contributed by atoms with E-state index in [9.17, 15) is 14.4 Å². The summed E-state index contributed by atoms with van der Waals surface area (Å²) in [4.78, 5) is 43.9.